The molecule has 36 heavy (non-hydrogen) atoms. The van der Waals surface area contributed by atoms with Gasteiger partial charge in [-0.1, -0.05) is 54.6 Å². The first-order valence-corrected chi connectivity index (χ1v) is 11.4. The Balaban J connectivity index is 1.65. The molecule has 0 amide bonds. The first-order valence-electron chi connectivity index (χ1n) is 11.4. The number of nitrogens with zero attached hydrogens (tertiary/aromatic N) is 4. The monoisotopic (exact) mass is 475 g/mol. The second kappa shape index (κ2) is 8.35. The van der Waals surface area contributed by atoms with E-state index in [0.717, 1.165) is 5.56 Å². The van der Waals surface area contributed by atoms with Crippen LogP contribution in [-0.4, -0.2) is 24.9 Å². The molecule has 0 aliphatic carbocycles. The minimum Gasteiger partial charge on any atom is -0.508 e. The van der Waals surface area contributed by atoms with Gasteiger partial charge in [0.25, 0.3) is 0 Å². The van der Waals surface area contributed by atoms with Gasteiger partial charge in [0.15, 0.2) is 5.65 Å². The molecule has 0 bridgehead atoms. The lowest BCUT2D eigenvalue weighted by atomic mass is 9.99. The predicted octanol–water partition coefficient (Wildman–Crippen LogP) is 5.16. The van der Waals surface area contributed by atoms with Crippen LogP contribution in [0.5, 0.6) is 5.75 Å². The maximum atomic E-state index is 13.7. The molecule has 0 spiro atoms. The van der Waals surface area contributed by atoms with E-state index in [9.17, 15) is 9.90 Å². The van der Waals surface area contributed by atoms with Crippen molar-refractivity contribution in [3.8, 4) is 28.1 Å². The fraction of sp³-hybridized carbons (Fsp3) is 0.0714. The number of phenols is 1. The van der Waals surface area contributed by atoms with Gasteiger partial charge in [-0.2, -0.15) is 5.10 Å². The molecule has 176 valence electrons. The van der Waals surface area contributed by atoms with E-state index in [4.69, 9.17) is 15.2 Å². The number of anilines is 1. The molecule has 3 N–H and O–H groups in total. The normalized spacial score (nSPS) is 12.2. The Labute approximate surface area is 205 Å². The quantitative estimate of drug-likeness (QED) is 0.361. The summed E-state index contributed by atoms with van der Waals surface area (Å²) in [5.74, 6) is 0.819. The van der Waals surface area contributed by atoms with Gasteiger partial charge in [0.2, 0.25) is 5.43 Å². The Morgan fingerprint density at radius 3 is 2.50 bits per heavy atom. The summed E-state index contributed by atoms with van der Waals surface area (Å²) in [7, 11) is 0. The van der Waals surface area contributed by atoms with Gasteiger partial charge in [-0.3, -0.25) is 4.79 Å². The van der Waals surface area contributed by atoms with Crippen molar-refractivity contribution < 1.29 is 9.52 Å². The highest BCUT2D eigenvalue weighted by Crippen LogP contribution is 2.36. The van der Waals surface area contributed by atoms with Gasteiger partial charge in [-0.05, 0) is 36.8 Å². The van der Waals surface area contributed by atoms with Crippen LogP contribution in [0.4, 0.5) is 5.82 Å². The molecule has 0 saturated carbocycles. The van der Waals surface area contributed by atoms with Crippen molar-refractivity contribution in [3.63, 3.8) is 0 Å². The largest absolute Gasteiger partial charge is 0.508 e. The molecule has 6 rings (SSSR count). The third-order valence-corrected chi connectivity index (χ3v) is 6.27. The van der Waals surface area contributed by atoms with Crippen LogP contribution in [0, 0.1) is 0 Å². The molecule has 3 heterocycles. The molecule has 0 fully saturated rings. The number of hydrogen-bond donors (Lipinski definition) is 2. The summed E-state index contributed by atoms with van der Waals surface area (Å²) in [6.45, 7) is 1.90. The molecule has 1 atom stereocenters. The minimum atomic E-state index is -0.527. The maximum Gasteiger partial charge on any atom is 0.200 e. The summed E-state index contributed by atoms with van der Waals surface area (Å²) < 4.78 is 8.07. The topological polar surface area (TPSA) is 120 Å². The minimum absolute atomic E-state index is 0.102. The molecular weight excluding hydrogens is 454 g/mol. The zero-order valence-electron chi connectivity index (χ0n) is 19.3. The fourth-order valence-corrected chi connectivity index (χ4v) is 4.56. The molecule has 1 unspecified atom stereocenters. The van der Waals surface area contributed by atoms with E-state index in [1.807, 2.05) is 55.5 Å². The number of benzene rings is 3. The molecule has 0 radical (unpaired) electrons. The van der Waals surface area contributed by atoms with Gasteiger partial charge in [0, 0.05) is 5.56 Å². The summed E-state index contributed by atoms with van der Waals surface area (Å²) >= 11 is 0. The average molecular weight is 476 g/mol. The molecule has 8 heteroatoms. The molecular formula is C28H21N5O3. The van der Waals surface area contributed by atoms with Gasteiger partial charge in [0.05, 0.1) is 16.3 Å². The van der Waals surface area contributed by atoms with Gasteiger partial charge >= 0.3 is 0 Å². The van der Waals surface area contributed by atoms with Gasteiger partial charge in [-0.15, -0.1) is 0 Å². The smallest absolute Gasteiger partial charge is 0.200 e. The summed E-state index contributed by atoms with van der Waals surface area (Å²) in [4.78, 5) is 22.3. The molecule has 0 aliphatic rings. The van der Waals surface area contributed by atoms with Gasteiger partial charge < -0.3 is 15.3 Å². The molecule has 6 aromatic rings. The molecule has 0 aliphatic heterocycles. The highest BCUT2D eigenvalue weighted by atomic mass is 16.3. The number of nitrogen functional groups attached to an aromatic ring is 1. The number of rotatable bonds is 4. The highest BCUT2D eigenvalue weighted by molar-refractivity contribution is 5.98. The SMILES string of the molecule is CC(c1oc2ccccc2c(=O)c1-c1ccccc1)n1nc(-c2cccc(O)c2)c2c(N)ncnc21. The fourth-order valence-electron chi connectivity index (χ4n) is 4.56. The van der Waals surface area contributed by atoms with Crippen molar-refractivity contribution in [1.29, 1.82) is 0 Å². The predicted molar refractivity (Wildman–Crippen MR) is 139 cm³/mol. The van der Waals surface area contributed by atoms with E-state index >= 15 is 0 Å². The van der Waals surface area contributed by atoms with Crippen LogP contribution >= 0.6 is 0 Å². The van der Waals surface area contributed by atoms with Crippen LogP contribution in [-0.2, 0) is 0 Å². The second-order valence-corrected chi connectivity index (χ2v) is 8.51. The molecule has 3 aromatic heterocycles. The number of aromatic nitrogens is 4. The van der Waals surface area contributed by atoms with E-state index in [1.54, 1.807) is 35.0 Å². The number of fused-ring (bicyclic) bond motifs is 2. The van der Waals surface area contributed by atoms with Crippen LogP contribution < -0.4 is 11.2 Å². The number of nitrogens with two attached hydrogens (primary N) is 1. The van der Waals surface area contributed by atoms with Gasteiger partial charge in [0.1, 0.15) is 41.0 Å². The van der Waals surface area contributed by atoms with E-state index in [-0.39, 0.29) is 17.0 Å². The van der Waals surface area contributed by atoms with Crippen molar-refractivity contribution in [1.82, 2.24) is 19.7 Å². The Kier molecular flexibility index (Phi) is 5.00. The van der Waals surface area contributed by atoms with Crippen LogP contribution in [0.25, 0.3) is 44.4 Å². The van der Waals surface area contributed by atoms with Crippen molar-refractivity contribution in [2.24, 2.45) is 0 Å². The van der Waals surface area contributed by atoms with Gasteiger partial charge in [-0.25, -0.2) is 14.6 Å². The summed E-state index contributed by atoms with van der Waals surface area (Å²) in [6, 6.07) is 22.9. The van der Waals surface area contributed by atoms with Crippen molar-refractivity contribution in [3.05, 3.63) is 101 Å². The number of phenolic OH excluding ortho intramolecular Hbond substituents is 1. The van der Waals surface area contributed by atoms with Crippen LogP contribution in [0.3, 0.4) is 0 Å². The molecule has 0 saturated heterocycles. The summed E-state index contributed by atoms with van der Waals surface area (Å²) in [6.07, 6.45) is 1.38. The summed E-state index contributed by atoms with van der Waals surface area (Å²) in [5, 5.41) is 16.0. The first-order chi connectivity index (χ1) is 17.5. The lowest BCUT2D eigenvalue weighted by Crippen LogP contribution is -2.16. The number of aromatic hydroxyl groups is 1. The number of para-hydroxylation sites is 1. The van der Waals surface area contributed by atoms with E-state index in [1.165, 1.54) is 6.33 Å². The third-order valence-electron chi connectivity index (χ3n) is 6.27. The lowest BCUT2D eigenvalue weighted by Gasteiger charge is -2.17. The van der Waals surface area contributed by atoms with E-state index in [0.29, 0.717) is 44.6 Å². The Morgan fingerprint density at radius 2 is 1.69 bits per heavy atom. The van der Waals surface area contributed by atoms with Crippen molar-refractivity contribution in [2.45, 2.75) is 13.0 Å². The number of hydrogen-bond acceptors (Lipinski definition) is 7. The maximum absolute atomic E-state index is 13.7. The lowest BCUT2D eigenvalue weighted by molar-refractivity contribution is 0.446. The van der Waals surface area contributed by atoms with Crippen LogP contribution in [0.15, 0.2) is 94.4 Å². The Morgan fingerprint density at radius 1 is 0.944 bits per heavy atom. The Bertz CT molecular complexity index is 1810. The van der Waals surface area contributed by atoms with E-state index < -0.39 is 6.04 Å². The van der Waals surface area contributed by atoms with Crippen molar-refractivity contribution in [2.75, 3.05) is 5.73 Å². The molecule has 3 aromatic carbocycles. The van der Waals surface area contributed by atoms with Crippen molar-refractivity contribution >= 4 is 27.8 Å². The highest BCUT2D eigenvalue weighted by Gasteiger charge is 2.26. The zero-order valence-corrected chi connectivity index (χ0v) is 19.3. The second-order valence-electron chi connectivity index (χ2n) is 8.51. The van der Waals surface area contributed by atoms with E-state index in [2.05, 4.69) is 9.97 Å². The first kappa shape index (κ1) is 21.5. The average Bonchev–Trinajstić information content (AvgIpc) is 3.30. The Hall–Kier alpha value is -4.98. The summed E-state index contributed by atoms with van der Waals surface area (Å²) in [5.41, 5.74) is 9.52. The zero-order chi connectivity index (χ0) is 24.8. The molecule has 8 nitrogen and oxygen atoms in total. The third kappa shape index (κ3) is 3.39. The van der Waals surface area contributed by atoms with Crippen LogP contribution in [0.1, 0.15) is 18.7 Å². The van der Waals surface area contributed by atoms with Crippen LogP contribution in [0.2, 0.25) is 0 Å². The standard InChI is InChI=1S/C28H21N5O3/c1-16(26-22(17-8-3-2-4-9-17)25(35)20-12-5-6-13-21(20)36-26)33-28-23(27(29)30-15-31-28)24(32-33)18-10-7-11-19(34)14-18/h2-16,34H,1H3,(H2,29,30,31).